The minimum Gasteiger partial charge on any atom is -0.478 e. The molecule has 2 N–H and O–H groups in total. The zero-order valence-corrected chi connectivity index (χ0v) is 11.7. The maximum absolute atomic E-state index is 12.6. The summed E-state index contributed by atoms with van der Waals surface area (Å²) >= 11 is 0. The number of nitrogens with one attached hydrogen (secondary N) is 1. The number of carbonyl (C=O) groups excluding carboxylic acids is 1. The largest absolute Gasteiger partial charge is 0.478 e. The smallest absolute Gasteiger partial charge is 0.417 e. The van der Waals surface area contributed by atoms with Crippen LogP contribution in [0.25, 0.3) is 5.65 Å². The summed E-state index contributed by atoms with van der Waals surface area (Å²) in [7, 11) is 0. The summed E-state index contributed by atoms with van der Waals surface area (Å²) in [6.45, 7) is 0.179. The molecule has 0 unspecified atom stereocenters. The van der Waals surface area contributed by atoms with Gasteiger partial charge in [-0.2, -0.15) is 13.2 Å². The predicted molar refractivity (Wildman–Crippen MR) is 73.7 cm³/mol. The average Bonchev–Trinajstić information content (AvgIpc) is 2.85. The fourth-order valence-corrected chi connectivity index (χ4v) is 1.85. The van der Waals surface area contributed by atoms with E-state index in [2.05, 4.69) is 10.3 Å². The molecule has 2 rings (SSSR count). The van der Waals surface area contributed by atoms with Crippen molar-refractivity contribution in [1.82, 2.24) is 14.7 Å². The van der Waals surface area contributed by atoms with E-state index in [9.17, 15) is 22.8 Å². The molecule has 9 heteroatoms. The molecule has 0 aliphatic carbocycles. The first kappa shape index (κ1) is 16.5. The van der Waals surface area contributed by atoms with E-state index < -0.39 is 23.6 Å². The Labute approximate surface area is 128 Å². The molecule has 0 spiro atoms. The van der Waals surface area contributed by atoms with E-state index in [1.54, 1.807) is 0 Å². The Hall–Kier alpha value is -2.84. The monoisotopic (exact) mass is 327 g/mol. The van der Waals surface area contributed by atoms with E-state index in [-0.39, 0.29) is 6.54 Å². The number of carboxylic acids is 1. The van der Waals surface area contributed by atoms with E-state index in [1.807, 2.05) is 0 Å². The van der Waals surface area contributed by atoms with Crippen molar-refractivity contribution in [2.75, 3.05) is 6.54 Å². The molecule has 0 fully saturated rings. The van der Waals surface area contributed by atoms with Gasteiger partial charge in [-0.05, 0) is 12.1 Å². The predicted octanol–water partition coefficient (Wildman–Crippen LogP) is 1.65. The summed E-state index contributed by atoms with van der Waals surface area (Å²) in [6.07, 6.45) is -0.150. The van der Waals surface area contributed by atoms with Crippen molar-refractivity contribution in [3.8, 4) is 0 Å². The van der Waals surface area contributed by atoms with Crippen LogP contribution in [-0.2, 0) is 22.2 Å². The molecule has 0 radical (unpaired) electrons. The van der Waals surface area contributed by atoms with Gasteiger partial charge in [0, 0.05) is 37.5 Å². The lowest BCUT2D eigenvalue weighted by atomic mass is 10.3. The Bertz CT molecular complexity index is 765. The lowest BCUT2D eigenvalue weighted by molar-refractivity contribution is -0.138. The fourth-order valence-electron chi connectivity index (χ4n) is 1.85. The number of aliphatic carboxylic acids is 1. The average molecular weight is 327 g/mol. The number of amides is 1. The highest BCUT2D eigenvalue weighted by atomic mass is 19.4. The quantitative estimate of drug-likeness (QED) is 0.818. The van der Waals surface area contributed by atoms with Gasteiger partial charge < -0.3 is 14.8 Å². The Balaban J connectivity index is 1.99. The van der Waals surface area contributed by atoms with Gasteiger partial charge >= 0.3 is 12.1 Å². The number of nitrogens with zero attached hydrogens (tertiary/aromatic N) is 2. The maximum Gasteiger partial charge on any atom is 0.417 e. The molecule has 122 valence electrons. The van der Waals surface area contributed by atoms with E-state index >= 15 is 0 Å². The summed E-state index contributed by atoms with van der Waals surface area (Å²) in [4.78, 5) is 25.6. The van der Waals surface area contributed by atoms with Gasteiger partial charge in [-0.1, -0.05) is 0 Å². The van der Waals surface area contributed by atoms with Crippen molar-refractivity contribution in [3.05, 3.63) is 47.9 Å². The van der Waals surface area contributed by atoms with Crippen LogP contribution in [0.2, 0.25) is 0 Å². The first-order valence-electron chi connectivity index (χ1n) is 6.49. The number of hydrogen-bond acceptors (Lipinski definition) is 3. The highest BCUT2D eigenvalue weighted by molar-refractivity contribution is 5.93. The van der Waals surface area contributed by atoms with Gasteiger partial charge in [0.15, 0.2) is 0 Å². The van der Waals surface area contributed by atoms with Gasteiger partial charge in [-0.3, -0.25) is 4.79 Å². The van der Waals surface area contributed by atoms with Crippen LogP contribution in [0.5, 0.6) is 0 Å². The van der Waals surface area contributed by atoms with Crippen LogP contribution in [0.15, 0.2) is 36.7 Å². The van der Waals surface area contributed by atoms with Gasteiger partial charge in [-0.25, -0.2) is 9.78 Å². The molecule has 2 aromatic rings. The molecule has 0 aliphatic rings. The SMILES string of the molecule is O=C(O)/C=C/C(=O)NCCc1cn2cc(C(F)(F)F)ccc2n1. The highest BCUT2D eigenvalue weighted by Gasteiger charge is 2.30. The van der Waals surface area contributed by atoms with E-state index in [4.69, 9.17) is 5.11 Å². The Kier molecular flexibility index (Phi) is 4.68. The minimum absolute atomic E-state index is 0.179. The summed E-state index contributed by atoms with van der Waals surface area (Å²) < 4.78 is 39.1. The van der Waals surface area contributed by atoms with Gasteiger partial charge in [0.25, 0.3) is 0 Å². The second kappa shape index (κ2) is 6.51. The number of imidazole rings is 1. The van der Waals surface area contributed by atoms with E-state index in [0.717, 1.165) is 18.3 Å². The van der Waals surface area contributed by atoms with Crippen LogP contribution in [0.3, 0.4) is 0 Å². The van der Waals surface area contributed by atoms with Crippen LogP contribution in [0.4, 0.5) is 13.2 Å². The molecule has 0 aliphatic heterocycles. The van der Waals surface area contributed by atoms with Gasteiger partial charge in [0.2, 0.25) is 5.91 Å². The Morgan fingerprint density at radius 1 is 1.26 bits per heavy atom. The van der Waals surface area contributed by atoms with Crippen LogP contribution in [0, 0.1) is 0 Å². The number of pyridine rings is 1. The number of halogens is 3. The van der Waals surface area contributed by atoms with E-state index in [1.165, 1.54) is 16.7 Å². The zero-order valence-electron chi connectivity index (χ0n) is 11.7. The molecule has 0 saturated heterocycles. The van der Waals surface area contributed by atoms with Crippen molar-refractivity contribution in [3.63, 3.8) is 0 Å². The molecule has 1 amide bonds. The van der Waals surface area contributed by atoms with Gasteiger partial charge in [0.05, 0.1) is 11.3 Å². The second-order valence-corrected chi connectivity index (χ2v) is 4.63. The second-order valence-electron chi connectivity index (χ2n) is 4.63. The molecule has 6 nitrogen and oxygen atoms in total. The minimum atomic E-state index is -4.43. The van der Waals surface area contributed by atoms with E-state index in [0.29, 0.717) is 23.8 Å². The molecule has 0 aromatic carbocycles. The maximum atomic E-state index is 12.6. The lowest BCUT2D eigenvalue weighted by Crippen LogP contribution is -2.23. The van der Waals surface area contributed by atoms with Gasteiger partial charge in [-0.15, -0.1) is 0 Å². The third-order valence-electron chi connectivity index (χ3n) is 2.89. The molecule has 23 heavy (non-hydrogen) atoms. The number of carboxylic acid groups (broad SMARTS) is 1. The number of rotatable bonds is 5. The van der Waals surface area contributed by atoms with Crippen LogP contribution in [-0.4, -0.2) is 32.9 Å². The van der Waals surface area contributed by atoms with Gasteiger partial charge in [0.1, 0.15) is 5.65 Å². The summed E-state index contributed by atoms with van der Waals surface area (Å²) in [6, 6.07) is 2.21. The Morgan fingerprint density at radius 2 is 2.00 bits per heavy atom. The molecule has 0 saturated carbocycles. The number of fused-ring (bicyclic) bond motifs is 1. The highest BCUT2D eigenvalue weighted by Crippen LogP contribution is 2.29. The van der Waals surface area contributed by atoms with Crippen molar-refractivity contribution < 1.29 is 27.9 Å². The molecular weight excluding hydrogens is 315 g/mol. The van der Waals surface area contributed by atoms with Crippen molar-refractivity contribution >= 4 is 17.5 Å². The lowest BCUT2D eigenvalue weighted by Gasteiger charge is -2.05. The third-order valence-corrected chi connectivity index (χ3v) is 2.89. The number of aromatic nitrogens is 2. The topological polar surface area (TPSA) is 83.7 Å². The summed E-state index contributed by atoms with van der Waals surface area (Å²) in [5.41, 5.74) is 0.0954. The van der Waals surface area contributed by atoms with Crippen molar-refractivity contribution in [2.45, 2.75) is 12.6 Å². The summed E-state index contributed by atoms with van der Waals surface area (Å²) in [5, 5.41) is 10.8. The third kappa shape index (κ3) is 4.56. The normalized spacial score (nSPS) is 12.0. The van der Waals surface area contributed by atoms with Crippen LogP contribution >= 0.6 is 0 Å². The number of alkyl halides is 3. The van der Waals surface area contributed by atoms with Crippen molar-refractivity contribution in [2.24, 2.45) is 0 Å². The summed E-state index contributed by atoms with van der Waals surface area (Å²) in [5.74, 6) is -1.81. The molecular formula is C14H12F3N3O3. The number of carbonyl (C=O) groups is 2. The fraction of sp³-hybridized carbons (Fsp3) is 0.214. The molecule has 0 atom stereocenters. The van der Waals surface area contributed by atoms with Crippen LogP contribution < -0.4 is 5.32 Å². The zero-order chi connectivity index (χ0) is 17.0. The first-order valence-corrected chi connectivity index (χ1v) is 6.49. The molecule has 2 aromatic heterocycles. The molecule has 2 heterocycles. The van der Waals surface area contributed by atoms with Crippen molar-refractivity contribution in [1.29, 1.82) is 0 Å². The van der Waals surface area contributed by atoms with Crippen LogP contribution in [0.1, 0.15) is 11.3 Å². The molecule has 0 bridgehead atoms. The standard InChI is InChI=1S/C14H12F3N3O3/c15-14(16,17)9-1-2-11-19-10(8-20(11)7-9)5-6-18-12(21)3-4-13(22)23/h1-4,7-8H,5-6H2,(H,18,21)(H,22,23)/b4-3+. The first-order chi connectivity index (χ1) is 10.8. The Morgan fingerprint density at radius 3 is 2.65 bits per heavy atom. The number of hydrogen-bond donors (Lipinski definition) is 2.